The Morgan fingerprint density at radius 1 is 0.408 bits per heavy atom. The molecule has 292 valence electrons. The fraction of sp³-hybridized carbons (Fsp3) is 0.955. The molecular formula is C44H88N2O3. The van der Waals surface area contributed by atoms with E-state index >= 15 is 0 Å². The van der Waals surface area contributed by atoms with Gasteiger partial charge in [-0.25, -0.2) is 0 Å². The Morgan fingerprint density at radius 2 is 0.714 bits per heavy atom. The van der Waals surface area contributed by atoms with Gasteiger partial charge in [-0.1, -0.05) is 184 Å². The first-order valence-electron chi connectivity index (χ1n) is 21.7. The number of amides is 2. The van der Waals surface area contributed by atoms with Gasteiger partial charge in [-0.2, -0.15) is 0 Å². The Bertz CT molecular complexity index is 680. The van der Waals surface area contributed by atoms with Crippen molar-refractivity contribution in [1.82, 2.24) is 9.80 Å². The van der Waals surface area contributed by atoms with Crippen molar-refractivity contribution >= 4 is 11.8 Å². The average molecular weight is 693 g/mol. The molecule has 0 bridgehead atoms. The SMILES string of the molecule is CCCCCCCCN(CCCCC(C)CCCC(C)C)C(=O)COCC(=O)N(CCCCCCCC)CCCCC(C)CCCC(C)C. The Kier molecular flexibility index (Phi) is 33.2. The van der Waals surface area contributed by atoms with Crippen LogP contribution in [0.15, 0.2) is 0 Å². The lowest BCUT2D eigenvalue weighted by Crippen LogP contribution is -2.39. The van der Waals surface area contributed by atoms with Crippen LogP contribution in [-0.2, 0) is 14.3 Å². The van der Waals surface area contributed by atoms with Crippen molar-refractivity contribution in [1.29, 1.82) is 0 Å². The molecule has 0 saturated carbocycles. The summed E-state index contributed by atoms with van der Waals surface area (Å²) in [6.45, 7) is 21.8. The molecule has 0 fully saturated rings. The summed E-state index contributed by atoms with van der Waals surface area (Å²) in [4.78, 5) is 30.8. The van der Waals surface area contributed by atoms with Gasteiger partial charge in [-0.05, 0) is 49.4 Å². The van der Waals surface area contributed by atoms with Crippen molar-refractivity contribution in [2.75, 3.05) is 39.4 Å². The van der Waals surface area contributed by atoms with Crippen LogP contribution in [-0.4, -0.2) is 61.0 Å². The summed E-state index contributed by atoms with van der Waals surface area (Å²) < 4.78 is 5.87. The number of nitrogens with zero attached hydrogens (tertiary/aromatic N) is 2. The Morgan fingerprint density at radius 3 is 1.06 bits per heavy atom. The first-order valence-corrected chi connectivity index (χ1v) is 21.7. The molecule has 0 aromatic rings. The Labute approximate surface area is 307 Å². The molecule has 0 aromatic heterocycles. The smallest absolute Gasteiger partial charge is 0.248 e. The Balaban J connectivity index is 4.87. The molecule has 0 aliphatic heterocycles. The molecular weight excluding hydrogens is 604 g/mol. The Hall–Kier alpha value is -1.10. The van der Waals surface area contributed by atoms with Crippen LogP contribution in [0.2, 0.25) is 0 Å². The van der Waals surface area contributed by atoms with E-state index in [9.17, 15) is 9.59 Å². The number of rotatable bonds is 36. The van der Waals surface area contributed by atoms with Crippen molar-refractivity contribution in [2.24, 2.45) is 23.7 Å². The maximum Gasteiger partial charge on any atom is 0.248 e. The molecule has 5 heteroatoms. The van der Waals surface area contributed by atoms with Gasteiger partial charge in [-0.3, -0.25) is 9.59 Å². The summed E-state index contributed by atoms with van der Waals surface area (Å²) in [5.41, 5.74) is 0. The minimum absolute atomic E-state index is 0.0198. The number of hydrogen-bond donors (Lipinski definition) is 0. The third kappa shape index (κ3) is 31.4. The lowest BCUT2D eigenvalue weighted by Gasteiger charge is -2.25. The molecule has 0 heterocycles. The molecule has 0 aliphatic rings. The number of carbonyl (C=O) groups excluding carboxylic acids is 2. The zero-order valence-corrected chi connectivity index (χ0v) is 34.6. The van der Waals surface area contributed by atoms with Gasteiger partial charge in [0, 0.05) is 26.2 Å². The molecule has 0 aromatic carbocycles. The molecule has 49 heavy (non-hydrogen) atoms. The molecule has 2 amide bonds. The van der Waals surface area contributed by atoms with Gasteiger partial charge < -0.3 is 14.5 Å². The van der Waals surface area contributed by atoms with Crippen LogP contribution in [0.3, 0.4) is 0 Å². The maximum atomic E-state index is 13.4. The van der Waals surface area contributed by atoms with Crippen LogP contribution in [0, 0.1) is 23.7 Å². The predicted molar refractivity (Wildman–Crippen MR) is 214 cm³/mol. The largest absolute Gasteiger partial charge is 0.362 e. The second-order valence-electron chi connectivity index (χ2n) is 16.6. The highest BCUT2D eigenvalue weighted by Gasteiger charge is 2.17. The van der Waals surface area contributed by atoms with Gasteiger partial charge in [0.1, 0.15) is 13.2 Å². The van der Waals surface area contributed by atoms with Crippen LogP contribution < -0.4 is 0 Å². The lowest BCUT2D eigenvalue weighted by atomic mass is 9.95. The van der Waals surface area contributed by atoms with Crippen molar-refractivity contribution in [3.8, 4) is 0 Å². The van der Waals surface area contributed by atoms with Crippen LogP contribution in [0.1, 0.15) is 209 Å². The maximum absolute atomic E-state index is 13.4. The van der Waals surface area contributed by atoms with E-state index in [1.807, 2.05) is 9.80 Å². The monoisotopic (exact) mass is 693 g/mol. The second-order valence-corrected chi connectivity index (χ2v) is 16.6. The molecule has 0 aliphatic carbocycles. The first-order chi connectivity index (χ1) is 23.6. The molecule has 0 radical (unpaired) electrons. The van der Waals surface area contributed by atoms with Gasteiger partial charge in [0.25, 0.3) is 0 Å². The van der Waals surface area contributed by atoms with Crippen LogP contribution in [0.4, 0.5) is 0 Å². The zero-order chi connectivity index (χ0) is 36.5. The van der Waals surface area contributed by atoms with Gasteiger partial charge in [0.15, 0.2) is 0 Å². The minimum Gasteiger partial charge on any atom is -0.362 e. The van der Waals surface area contributed by atoms with E-state index in [1.54, 1.807) is 0 Å². The number of hydrogen-bond acceptors (Lipinski definition) is 3. The van der Waals surface area contributed by atoms with Gasteiger partial charge in [0.05, 0.1) is 0 Å². The summed E-state index contributed by atoms with van der Waals surface area (Å²) in [6.07, 6.45) is 29.5. The van der Waals surface area contributed by atoms with Crippen LogP contribution >= 0.6 is 0 Å². The zero-order valence-electron chi connectivity index (χ0n) is 34.6. The van der Waals surface area contributed by atoms with E-state index in [-0.39, 0.29) is 25.0 Å². The van der Waals surface area contributed by atoms with E-state index in [1.165, 1.54) is 128 Å². The third-order valence-corrected chi connectivity index (χ3v) is 10.4. The van der Waals surface area contributed by atoms with Crippen molar-refractivity contribution in [3.63, 3.8) is 0 Å². The summed E-state index contributed by atoms with van der Waals surface area (Å²) in [5.74, 6) is 3.21. The topological polar surface area (TPSA) is 49.9 Å². The highest BCUT2D eigenvalue weighted by molar-refractivity contribution is 5.79. The summed E-state index contributed by atoms with van der Waals surface area (Å²) >= 11 is 0. The summed E-state index contributed by atoms with van der Waals surface area (Å²) in [7, 11) is 0. The van der Waals surface area contributed by atoms with Crippen LogP contribution in [0.25, 0.3) is 0 Å². The molecule has 0 spiro atoms. The fourth-order valence-corrected chi connectivity index (χ4v) is 6.93. The van der Waals surface area contributed by atoms with E-state index < -0.39 is 0 Å². The first kappa shape index (κ1) is 47.9. The molecule has 0 saturated heterocycles. The predicted octanol–water partition coefficient (Wildman–Crippen LogP) is 12.6. The van der Waals surface area contributed by atoms with Gasteiger partial charge in [-0.15, -0.1) is 0 Å². The highest BCUT2D eigenvalue weighted by atomic mass is 16.5. The van der Waals surface area contributed by atoms with Crippen molar-refractivity contribution in [3.05, 3.63) is 0 Å². The average Bonchev–Trinajstić information content (AvgIpc) is 3.05. The van der Waals surface area contributed by atoms with Crippen molar-refractivity contribution < 1.29 is 14.3 Å². The fourth-order valence-electron chi connectivity index (χ4n) is 6.93. The van der Waals surface area contributed by atoms with Crippen LogP contribution in [0.5, 0.6) is 0 Å². The second kappa shape index (κ2) is 34.0. The van der Waals surface area contributed by atoms with E-state index in [0.717, 1.165) is 75.5 Å². The lowest BCUT2D eigenvalue weighted by molar-refractivity contribution is -0.142. The number of carbonyl (C=O) groups is 2. The number of ether oxygens (including phenoxy) is 1. The molecule has 2 unspecified atom stereocenters. The summed E-state index contributed by atoms with van der Waals surface area (Å²) in [6, 6.07) is 0. The third-order valence-electron chi connectivity index (χ3n) is 10.4. The quantitative estimate of drug-likeness (QED) is 0.0614. The van der Waals surface area contributed by atoms with E-state index in [2.05, 4.69) is 55.4 Å². The standard InChI is InChI=1S/C44H88N2O3/c1-9-11-13-15-17-21-33-45(35-23-19-29-41(7)31-25-27-39(3)4)43(47)37-49-38-44(48)46(34-22-18-16-14-12-10-2)36-24-20-30-42(8)32-26-28-40(5)6/h39-42H,9-38H2,1-8H3. The van der Waals surface area contributed by atoms with Crippen molar-refractivity contribution in [2.45, 2.75) is 209 Å². The molecule has 0 rings (SSSR count). The highest BCUT2D eigenvalue weighted by Crippen LogP contribution is 2.19. The molecule has 2 atom stereocenters. The summed E-state index contributed by atoms with van der Waals surface area (Å²) in [5, 5.41) is 0. The van der Waals surface area contributed by atoms with E-state index in [4.69, 9.17) is 4.74 Å². The number of unbranched alkanes of at least 4 members (excludes halogenated alkanes) is 12. The van der Waals surface area contributed by atoms with Gasteiger partial charge >= 0.3 is 0 Å². The normalized spacial score (nSPS) is 12.9. The molecule has 5 nitrogen and oxygen atoms in total. The molecule has 0 N–H and O–H groups in total. The van der Waals surface area contributed by atoms with Gasteiger partial charge in [0.2, 0.25) is 11.8 Å². The minimum atomic E-state index is 0.0198. The van der Waals surface area contributed by atoms with E-state index in [0.29, 0.717) is 0 Å².